The van der Waals surface area contributed by atoms with Crippen LogP contribution in [0, 0.1) is 0 Å². The molecule has 3 saturated heterocycles. The Hall–Kier alpha value is -1.80. The number of rotatable bonds is 9. The highest BCUT2D eigenvalue weighted by Gasteiger charge is 2.43. The van der Waals surface area contributed by atoms with Crippen molar-refractivity contribution in [3.63, 3.8) is 0 Å². The topological polar surface area (TPSA) is 127 Å². The summed E-state index contributed by atoms with van der Waals surface area (Å²) in [6.07, 6.45) is 0.325. The third kappa shape index (κ3) is 7.62. The largest absolute Gasteiger partial charge is 0.497 e. The van der Waals surface area contributed by atoms with Crippen molar-refractivity contribution in [1.29, 1.82) is 0 Å². The quantitative estimate of drug-likeness (QED) is 0.422. The second-order valence-corrected chi connectivity index (χ2v) is 11.6. The summed E-state index contributed by atoms with van der Waals surface area (Å²) in [5, 5.41) is 13.3. The molecule has 0 unspecified atom stereocenters. The number of β-amino-alcohol motifs (C(OH)–C–C–N with tert-alkyl or cyclic N) is 1. The Morgan fingerprint density at radius 3 is 2.62 bits per heavy atom. The lowest BCUT2D eigenvalue weighted by Crippen LogP contribution is -2.57. The van der Waals surface area contributed by atoms with Crippen molar-refractivity contribution in [3.8, 4) is 5.75 Å². The van der Waals surface area contributed by atoms with Crippen LogP contribution in [0.2, 0.25) is 0 Å². The van der Waals surface area contributed by atoms with E-state index in [1.807, 2.05) is 0 Å². The summed E-state index contributed by atoms with van der Waals surface area (Å²) in [4.78, 5) is 15.0. The van der Waals surface area contributed by atoms with Crippen LogP contribution in [0.1, 0.15) is 25.7 Å². The first-order chi connectivity index (χ1) is 17.9. The van der Waals surface area contributed by atoms with E-state index in [9.17, 15) is 18.3 Å². The fraction of sp³-hybridized carbons (Fsp3) is 0.720. The van der Waals surface area contributed by atoms with Crippen molar-refractivity contribution < 1.29 is 37.3 Å². The lowest BCUT2D eigenvalue weighted by molar-refractivity contribution is -0.146. The van der Waals surface area contributed by atoms with Crippen molar-refractivity contribution >= 4 is 15.9 Å². The molecule has 2 N–H and O–H groups in total. The third-order valence-electron chi connectivity index (χ3n) is 7.09. The molecule has 3 aliphatic heterocycles. The fourth-order valence-electron chi connectivity index (χ4n) is 5.09. The zero-order valence-corrected chi connectivity index (χ0v) is 22.2. The number of nitrogens with zero attached hydrogens (tertiary/aromatic N) is 2. The summed E-state index contributed by atoms with van der Waals surface area (Å²) >= 11 is 0. The molecule has 3 heterocycles. The molecule has 11 nitrogen and oxygen atoms in total. The first kappa shape index (κ1) is 28.2. The molecule has 0 aromatic heterocycles. The number of ether oxygens (including phenoxy) is 4. The van der Waals surface area contributed by atoms with Crippen LogP contribution in [0.25, 0.3) is 0 Å². The number of aliphatic hydroxyl groups is 1. The molecular weight excluding hydrogens is 502 g/mol. The normalized spacial score (nSPS) is 28.1. The Labute approximate surface area is 219 Å². The number of benzene rings is 1. The van der Waals surface area contributed by atoms with Gasteiger partial charge in [0, 0.05) is 26.2 Å². The van der Waals surface area contributed by atoms with Gasteiger partial charge in [-0.05, 0) is 50.1 Å². The molecule has 208 valence electrons. The van der Waals surface area contributed by atoms with E-state index in [0.717, 1.165) is 39.3 Å². The van der Waals surface area contributed by atoms with Crippen molar-refractivity contribution in [3.05, 3.63) is 24.3 Å². The maximum Gasteiger partial charge on any atom is 0.243 e. The summed E-state index contributed by atoms with van der Waals surface area (Å²) in [5.74, 6) is 0.483. The van der Waals surface area contributed by atoms with Gasteiger partial charge in [0.15, 0.2) is 0 Å². The number of aliphatic hydroxyl groups excluding tert-OH is 1. The van der Waals surface area contributed by atoms with Crippen LogP contribution in [0.4, 0.5) is 0 Å². The highest BCUT2D eigenvalue weighted by atomic mass is 32.2. The van der Waals surface area contributed by atoms with Gasteiger partial charge in [-0.1, -0.05) is 0 Å². The summed E-state index contributed by atoms with van der Waals surface area (Å²) < 4.78 is 50.8. The van der Waals surface area contributed by atoms with Crippen LogP contribution < -0.4 is 10.1 Å². The van der Waals surface area contributed by atoms with Crippen LogP contribution in [0.3, 0.4) is 0 Å². The first-order valence-corrected chi connectivity index (χ1v) is 14.4. The average Bonchev–Trinajstić information content (AvgIpc) is 2.90. The zero-order valence-electron chi connectivity index (χ0n) is 21.4. The van der Waals surface area contributed by atoms with Gasteiger partial charge in [0.1, 0.15) is 5.75 Å². The standard InChI is InChI=1S/C25H39N3O8S/c1-33-20-3-6-22(7-4-20)37(31,32)28-16-19(29)17-35-18-24-23(28)8-5-21(36-24)15-25(30)26-9-2-10-27-11-13-34-14-12-27/h3-4,6-7,19,21,23-24,29H,2,5,8-18H2,1H3,(H,26,30)/t19-,21-,23+,24-/m0/s1. The Morgan fingerprint density at radius 1 is 1.14 bits per heavy atom. The predicted octanol–water partition coefficient (Wildman–Crippen LogP) is 0.222. The minimum atomic E-state index is -3.90. The van der Waals surface area contributed by atoms with Gasteiger partial charge in [-0.2, -0.15) is 4.31 Å². The van der Waals surface area contributed by atoms with Crippen molar-refractivity contribution in [1.82, 2.24) is 14.5 Å². The van der Waals surface area contributed by atoms with Gasteiger partial charge in [0.05, 0.1) is 69.2 Å². The summed E-state index contributed by atoms with van der Waals surface area (Å²) in [6, 6.07) is 5.69. The number of hydrogen-bond donors (Lipinski definition) is 2. The Bertz CT molecular complexity index is 971. The van der Waals surface area contributed by atoms with E-state index in [1.54, 1.807) is 12.1 Å². The van der Waals surface area contributed by atoms with Crippen LogP contribution >= 0.6 is 0 Å². The van der Waals surface area contributed by atoms with E-state index in [-0.39, 0.29) is 43.1 Å². The number of sulfonamides is 1. The van der Waals surface area contributed by atoms with Gasteiger partial charge >= 0.3 is 0 Å². The zero-order chi connectivity index (χ0) is 26.3. The number of nitrogens with one attached hydrogen (secondary N) is 1. The molecule has 1 aromatic rings. The summed E-state index contributed by atoms with van der Waals surface area (Å²) in [7, 11) is -2.39. The van der Waals surface area contributed by atoms with Crippen molar-refractivity contribution in [2.75, 3.05) is 66.3 Å². The molecule has 37 heavy (non-hydrogen) atoms. The van der Waals surface area contributed by atoms with E-state index < -0.39 is 28.3 Å². The number of amides is 1. The highest BCUT2D eigenvalue weighted by molar-refractivity contribution is 7.89. The predicted molar refractivity (Wildman–Crippen MR) is 135 cm³/mol. The molecule has 0 bridgehead atoms. The Kier molecular flexibility index (Phi) is 10.2. The average molecular weight is 542 g/mol. The lowest BCUT2D eigenvalue weighted by Gasteiger charge is -2.43. The summed E-state index contributed by atoms with van der Waals surface area (Å²) in [5.41, 5.74) is 0. The minimum Gasteiger partial charge on any atom is -0.497 e. The molecule has 1 aromatic carbocycles. The smallest absolute Gasteiger partial charge is 0.243 e. The van der Waals surface area contributed by atoms with Gasteiger partial charge in [0.2, 0.25) is 15.9 Å². The summed E-state index contributed by atoms with van der Waals surface area (Å²) in [6.45, 7) is 4.97. The number of hydrogen-bond acceptors (Lipinski definition) is 9. The number of methoxy groups -OCH3 is 1. The fourth-order valence-corrected chi connectivity index (χ4v) is 6.80. The van der Waals surface area contributed by atoms with Crippen LogP contribution in [0.5, 0.6) is 5.75 Å². The Morgan fingerprint density at radius 2 is 1.89 bits per heavy atom. The van der Waals surface area contributed by atoms with Gasteiger partial charge in [-0.25, -0.2) is 8.42 Å². The van der Waals surface area contributed by atoms with Gasteiger partial charge in [-0.15, -0.1) is 0 Å². The van der Waals surface area contributed by atoms with Gasteiger partial charge in [-0.3, -0.25) is 9.69 Å². The lowest BCUT2D eigenvalue weighted by atomic mass is 9.96. The molecule has 0 spiro atoms. The minimum absolute atomic E-state index is 0.00943. The number of carbonyl (C=O) groups is 1. The monoisotopic (exact) mass is 541 g/mol. The van der Waals surface area contributed by atoms with E-state index in [1.165, 1.54) is 23.5 Å². The first-order valence-electron chi connectivity index (χ1n) is 13.0. The molecule has 4 atom stereocenters. The molecule has 12 heteroatoms. The molecule has 3 aliphatic rings. The molecule has 0 saturated carbocycles. The SMILES string of the molecule is COc1ccc(S(=O)(=O)N2C[C@H](O)COC[C@@H]3O[C@H](CC(=O)NCCCN4CCOCC4)CC[C@H]32)cc1. The molecule has 0 aliphatic carbocycles. The van der Waals surface area contributed by atoms with Gasteiger partial charge in [0.25, 0.3) is 0 Å². The number of carbonyl (C=O) groups excluding carboxylic acids is 1. The molecule has 1 amide bonds. The number of fused-ring (bicyclic) bond motifs is 1. The number of morpholine rings is 1. The van der Waals surface area contributed by atoms with Crippen molar-refractivity contribution in [2.24, 2.45) is 0 Å². The third-order valence-corrected chi connectivity index (χ3v) is 9.00. The van der Waals surface area contributed by atoms with E-state index >= 15 is 0 Å². The van der Waals surface area contributed by atoms with Gasteiger partial charge < -0.3 is 29.4 Å². The second-order valence-electron chi connectivity index (χ2n) is 9.74. The molecule has 4 rings (SSSR count). The molecule has 3 fully saturated rings. The maximum atomic E-state index is 13.6. The highest BCUT2D eigenvalue weighted by Crippen LogP contribution is 2.32. The maximum absolute atomic E-state index is 13.6. The van der Waals surface area contributed by atoms with Crippen LogP contribution in [-0.2, 0) is 29.0 Å². The van der Waals surface area contributed by atoms with E-state index in [2.05, 4.69) is 10.2 Å². The van der Waals surface area contributed by atoms with Crippen LogP contribution in [-0.4, -0.2) is 119 Å². The van der Waals surface area contributed by atoms with E-state index in [4.69, 9.17) is 18.9 Å². The van der Waals surface area contributed by atoms with Crippen LogP contribution in [0.15, 0.2) is 29.2 Å². The molecule has 0 radical (unpaired) electrons. The van der Waals surface area contributed by atoms with Crippen molar-refractivity contribution in [2.45, 2.75) is 54.9 Å². The van der Waals surface area contributed by atoms with E-state index in [0.29, 0.717) is 25.1 Å². The molecular formula is C25H39N3O8S. The Balaban J connectivity index is 1.33. The second kappa shape index (κ2) is 13.3.